The van der Waals surface area contributed by atoms with Crippen LogP contribution in [0.25, 0.3) is 0 Å². The molecule has 3 rings (SSSR count). The van der Waals surface area contributed by atoms with E-state index in [4.69, 9.17) is 4.74 Å². The van der Waals surface area contributed by atoms with Gasteiger partial charge in [-0.2, -0.15) is 0 Å². The Morgan fingerprint density at radius 1 is 0.733 bits per heavy atom. The average molecular weight is 198 g/mol. The van der Waals surface area contributed by atoms with Crippen LogP contribution in [0.5, 0.6) is 11.5 Å². The second-order valence-corrected chi connectivity index (χ2v) is 3.49. The van der Waals surface area contributed by atoms with Crippen LogP contribution in [-0.2, 0) is 6.42 Å². The van der Waals surface area contributed by atoms with Gasteiger partial charge in [0, 0.05) is 6.42 Å². The van der Waals surface area contributed by atoms with Gasteiger partial charge in [-0.15, -0.1) is 0 Å². The number of hydrogen-bond donors (Lipinski definition) is 0. The highest BCUT2D eigenvalue weighted by Gasteiger charge is 2.14. The van der Waals surface area contributed by atoms with Crippen LogP contribution in [0.15, 0.2) is 48.5 Å². The van der Waals surface area contributed by atoms with Gasteiger partial charge in [-0.1, -0.05) is 43.8 Å². The Labute approximate surface area is 90.3 Å². The van der Waals surface area contributed by atoms with Crippen LogP contribution in [0.2, 0.25) is 0 Å². The van der Waals surface area contributed by atoms with Crippen molar-refractivity contribution < 1.29 is 4.74 Å². The van der Waals surface area contributed by atoms with Gasteiger partial charge in [-0.3, -0.25) is 0 Å². The van der Waals surface area contributed by atoms with E-state index in [9.17, 15) is 0 Å². The second kappa shape index (κ2) is 3.77. The Hall–Kier alpha value is -1.76. The highest BCUT2D eigenvalue weighted by atomic mass is 16.5. The van der Waals surface area contributed by atoms with Crippen molar-refractivity contribution in [3.05, 3.63) is 59.7 Å². The van der Waals surface area contributed by atoms with Crippen LogP contribution in [0.3, 0.4) is 0 Å². The quantitative estimate of drug-likeness (QED) is 0.530. The summed E-state index contributed by atoms with van der Waals surface area (Å²) in [5.74, 6) is 1.98. The predicted molar refractivity (Wildman–Crippen MR) is 62.5 cm³/mol. The summed E-state index contributed by atoms with van der Waals surface area (Å²) in [6.45, 7) is 0. The lowest BCUT2D eigenvalue weighted by Gasteiger charge is -2.19. The van der Waals surface area contributed by atoms with Gasteiger partial charge in [-0.25, -0.2) is 0 Å². The molecule has 1 aliphatic heterocycles. The van der Waals surface area contributed by atoms with E-state index in [2.05, 4.69) is 24.3 Å². The first kappa shape index (κ1) is 9.78. The lowest BCUT2D eigenvalue weighted by Crippen LogP contribution is -2.01. The molecule has 0 spiro atoms. The molecule has 1 heterocycles. The minimum Gasteiger partial charge on any atom is -0.457 e. The number of rotatable bonds is 0. The molecule has 2 aromatic carbocycles. The SMILES string of the molecule is C.c1ccc2c(c1)Cc1ccccc1O2. The molecule has 0 unspecified atom stereocenters. The smallest absolute Gasteiger partial charge is 0.130 e. The molecular formula is C14H14O. The zero-order chi connectivity index (χ0) is 9.38. The molecule has 0 amide bonds. The number of benzene rings is 2. The van der Waals surface area contributed by atoms with Gasteiger partial charge in [0.25, 0.3) is 0 Å². The molecule has 0 saturated carbocycles. The molecular weight excluding hydrogens is 184 g/mol. The lowest BCUT2D eigenvalue weighted by molar-refractivity contribution is 0.460. The minimum absolute atomic E-state index is 0. The fourth-order valence-corrected chi connectivity index (χ4v) is 1.82. The third-order valence-electron chi connectivity index (χ3n) is 2.55. The van der Waals surface area contributed by atoms with Crippen molar-refractivity contribution in [2.45, 2.75) is 13.8 Å². The summed E-state index contributed by atoms with van der Waals surface area (Å²) < 4.78 is 5.78. The van der Waals surface area contributed by atoms with Crippen molar-refractivity contribution in [2.75, 3.05) is 0 Å². The highest BCUT2D eigenvalue weighted by Crippen LogP contribution is 2.35. The number of hydrogen-bond acceptors (Lipinski definition) is 1. The van der Waals surface area contributed by atoms with Crippen molar-refractivity contribution in [2.24, 2.45) is 0 Å². The summed E-state index contributed by atoms with van der Waals surface area (Å²) >= 11 is 0. The highest BCUT2D eigenvalue weighted by molar-refractivity contribution is 5.49. The van der Waals surface area contributed by atoms with E-state index in [0.717, 1.165) is 17.9 Å². The van der Waals surface area contributed by atoms with E-state index < -0.39 is 0 Å². The van der Waals surface area contributed by atoms with E-state index in [1.165, 1.54) is 11.1 Å². The van der Waals surface area contributed by atoms with Crippen molar-refractivity contribution in [1.82, 2.24) is 0 Å². The van der Waals surface area contributed by atoms with Gasteiger partial charge in [0.15, 0.2) is 0 Å². The van der Waals surface area contributed by atoms with E-state index in [0.29, 0.717) is 0 Å². The molecule has 0 saturated heterocycles. The van der Waals surface area contributed by atoms with Crippen LogP contribution < -0.4 is 4.74 Å². The minimum atomic E-state index is 0. The first-order valence-corrected chi connectivity index (χ1v) is 4.77. The maximum absolute atomic E-state index is 5.78. The third kappa shape index (κ3) is 1.61. The summed E-state index contributed by atoms with van der Waals surface area (Å²) in [7, 11) is 0. The number of para-hydroxylation sites is 2. The third-order valence-corrected chi connectivity index (χ3v) is 2.55. The lowest BCUT2D eigenvalue weighted by atomic mass is 10.0. The van der Waals surface area contributed by atoms with Gasteiger partial charge in [0.2, 0.25) is 0 Å². The van der Waals surface area contributed by atoms with Crippen LogP contribution in [0, 0.1) is 0 Å². The van der Waals surface area contributed by atoms with Gasteiger partial charge in [0.1, 0.15) is 11.5 Å². The largest absolute Gasteiger partial charge is 0.457 e. The van der Waals surface area contributed by atoms with Crippen molar-refractivity contribution in [3.8, 4) is 11.5 Å². The Bertz CT molecular complexity index is 387. The van der Waals surface area contributed by atoms with Gasteiger partial charge in [-0.05, 0) is 23.3 Å². The first-order chi connectivity index (χ1) is 6.93. The molecule has 1 nitrogen and oxygen atoms in total. The maximum atomic E-state index is 5.78. The first-order valence-electron chi connectivity index (χ1n) is 4.77. The Kier molecular flexibility index (Phi) is 2.46. The molecule has 15 heavy (non-hydrogen) atoms. The summed E-state index contributed by atoms with van der Waals surface area (Å²) in [6, 6.07) is 16.4. The monoisotopic (exact) mass is 198 g/mol. The molecule has 0 aromatic heterocycles. The van der Waals surface area contributed by atoms with Crippen LogP contribution >= 0.6 is 0 Å². The van der Waals surface area contributed by atoms with Crippen LogP contribution in [-0.4, -0.2) is 0 Å². The molecule has 0 atom stereocenters. The predicted octanol–water partition coefficient (Wildman–Crippen LogP) is 4.02. The summed E-state index contributed by atoms with van der Waals surface area (Å²) in [5.41, 5.74) is 2.54. The van der Waals surface area contributed by atoms with E-state index in [-0.39, 0.29) is 7.43 Å². The molecule has 0 bridgehead atoms. The maximum Gasteiger partial charge on any atom is 0.130 e. The van der Waals surface area contributed by atoms with Gasteiger partial charge in [0.05, 0.1) is 0 Å². The molecule has 0 N–H and O–H groups in total. The normalized spacial score (nSPS) is 11.7. The topological polar surface area (TPSA) is 9.23 Å². The summed E-state index contributed by atoms with van der Waals surface area (Å²) in [5, 5.41) is 0. The fourth-order valence-electron chi connectivity index (χ4n) is 1.82. The number of fused-ring (bicyclic) bond motifs is 2. The van der Waals surface area contributed by atoms with E-state index in [1.807, 2.05) is 24.3 Å². The Morgan fingerprint density at radius 3 is 1.73 bits per heavy atom. The summed E-state index contributed by atoms with van der Waals surface area (Å²) in [4.78, 5) is 0. The molecule has 0 aliphatic carbocycles. The molecule has 1 aliphatic rings. The molecule has 0 radical (unpaired) electrons. The Morgan fingerprint density at radius 2 is 1.20 bits per heavy atom. The van der Waals surface area contributed by atoms with Gasteiger partial charge < -0.3 is 4.74 Å². The molecule has 2 aromatic rings. The van der Waals surface area contributed by atoms with Gasteiger partial charge >= 0.3 is 0 Å². The zero-order valence-electron chi connectivity index (χ0n) is 7.73. The standard InChI is InChI=1S/C13H10O.CH4/c1-3-7-12-10(5-1)9-11-6-2-4-8-13(11)14-12;/h1-8H,9H2;1H4. The molecule has 0 fully saturated rings. The van der Waals surface area contributed by atoms with E-state index >= 15 is 0 Å². The average Bonchev–Trinajstić information content (AvgIpc) is 2.26. The molecule has 76 valence electrons. The van der Waals surface area contributed by atoms with Crippen molar-refractivity contribution in [3.63, 3.8) is 0 Å². The number of ether oxygens (including phenoxy) is 1. The van der Waals surface area contributed by atoms with E-state index in [1.54, 1.807) is 0 Å². The molecule has 1 heteroatoms. The van der Waals surface area contributed by atoms with Crippen LogP contribution in [0.4, 0.5) is 0 Å². The zero-order valence-corrected chi connectivity index (χ0v) is 7.73. The fraction of sp³-hybridized carbons (Fsp3) is 0.143. The second-order valence-electron chi connectivity index (χ2n) is 3.49. The van der Waals surface area contributed by atoms with Crippen LogP contribution in [0.1, 0.15) is 18.6 Å². The van der Waals surface area contributed by atoms with Crippen molar-refractivity contribution in [1.29, 1.82) is 0 Å². The van der Waals surface area contributed by atoms with Crippen molar-refractivity contribution >= 4 is 0 Å². The summed E-state index contributed by atoms with van der Waals surface area (Å²) in [6.07, 6.45) is 0.979. The Balaban J connectivity index is 0.000000853.